The van der Waals surface area contributed by atoms with E-state index in [-0.39, 0.29) is 0 Å². The Morgan fingerprint density at radius 1 is 1.03 bits per heavy atom. The van der Waals surface area contributed by atoms with E-state index < -0.39 is 5.97 Å². The summed E-state index contributed by atoms with van der Waals surface area (Å²) in [6.45, 7) is 7.42. The van der Waals surface area contributed by atoms with Crippen molar-refractivity contribution in [2.24, 2.45) is 5.92 Å². The molecule has 6 rings (SSSR count). The van der Waals surface area contributed by atoms with Crippen LogP contribution in [0.25, 0.3) is 22.2 Å². The summed E-state index contributed by atoms with van der Waals surface area (Å²) in [6, 6.07) is 12.8. The van der Waals surface area contributed by atoms with E-state index in [1.165, 1.54) is 84.8 Å². The SMILES string of the molecule is Cc1ccc2c(c1)N(CCC1CCCNC1)CCn1c-2c(C2CCCCC2)c2ccc(C(=O)O)cc21. The predicted molar refractivity (Wildman–Crippen MR) is 147 cm³/mol. The van der Waals surface area contributed by atoms with Gasteiger partial charge in [0.1, 0.15) is 0 Å². The molecule has 1 aliphatic carbocycles. The van der Waals surface area contributed by atoms with E-state index in [0.717, 1.165) is 44.2 Å². The second kappa shape index (κ2) is 9.93. The fourth-order valence-corrected chi connectivity index (χ4v) is 7.02. The van der Waals surface area contributed by atoms with Crippen molar-refractivity contribution in [2.45, 2.75) is 70.8 Å². The fourth-order valence-electron chi connectivity index (χ4n) is 7.02. The molecule has 1 aromatic heterocycles. The zero-order valence-electron chi connectivity index (χ0n) is 21.6. The molecule has 36 heavy (non-hydrogen) atoms. The second-order valence-electron chi connectivity index (χ2n) is 11.3. The lowest BCUT2D eigenvalue weighted by Gasteiger charge is -2.29. The monoisotopic (exact) mass is 485 g/mol. The van der Waals surface area contributed by atoms with Crippen LogP contribution in [0.5, 0.6) is 0 Å². The Balaban J connectivity index is 1.48. The molecule has 0 radical (unpaired) electrons. The van der Waals surface area contributed by atoms with Crippen molar-refractivity contribution in [1.29, 1.82) is 0 Å². The van der Waals surface area contributed by atoms with Crippen LogP contribution in [0.1, 0.15) is 78.8 Å². The van der Waals surface area contributed by atoms with Crippen molar-refractivity contribution >= 4 is 22.6 Å². The third-order valence-corrected chi connectivity index (χ3v) is 8.91. The molecule has 3 heterocycles. The molecule has 0 bridgehead atoms. The van der Waals surface area contributed by atoms with Crippen molar-refractivity contribution in [3.05, 3.63) is 53.1 Å². The maximum atomic E-state index is 11.9. The smallest absolute Gasteiger partial charge is 0.335 e. The number of nitrogens with one attached hydrogen (secondary N) is 1. The first kappa shape index (κ1) is 23.6. The van der Waals surface area contributed by atoms with Gasteiger partial charge in [-0.3, -0.25) is 0 Å². The molecule has 1 unspecified atom stereocenters. The van der Waals surface area contributed by atoms with Crippen LogP contribution < -0.4 is 10.2 Å². The molecule has 3 aromatic rings. The fraction of sp³-hybridized carbons (Fsp3) is 0.516. The minimum Gasteiger partial charge on any atom is -0.478 e. The summed E-state index contributed by atoms with van der Waals surface area (Å²) in [5.74, 6) is 0.451. The molecule has 0 spiro atoms. The number of carboxylic acids is 1. The van der Waals surface area contributed by atoms with Crippen molar-refractivity contribution in [2.75, 3.05) is 31.1 Å². The Bertz CT molecular complexity index is 1260. The van der Waals surface area contributed by atoms with E-state index in [1.807, 2.05) is 6.07 Å². The van der Waals surface area contributed by atoms with Gasteiger partial charge in [-0.25, -0.2) is 4.79 Å². The van der Waals surface area contributed by atoms with E-state index >= 15 is 0 Å². The van der Waals surface area contributed by atoms with Crippen LogP contribution in [-0.2, 0) is 6.54 Å². The summed E-state index contributed by atoms with van der Waals surface area (Å²) in [4.78, 5) is 14.5. The van der Waals surface area contributed by atoms with E-state index in [2.05, 4.69) is 46.0 Å². The van der Waals surface area contributed by atoms with Gasteiger partial charge in [0.15, 0.2) is 0 Å². The van der Waals surface area contributed by atoms with Crippen LogP contribution in [0.3, 0.4) is 0 Å². The zero-order valence-corrected chi connectivity index (χ0v) is 21.6. The standard InChI is InChI=1S/C31H39N3O2/c1-21-9-11-26-27(18-21)33(15-13-22-6-5-14-32-20-22)16-17-34-28-19-24(31(35)36)10-12-25(28)29(30(26)34)23-7-3-2-4-8-23/h9-12,18-19,22-23,32H,2-8,13-17,20H2,1H3,(H,35,36). The summed E-state index contributed by atoms with van der Waals surface area (Å²) in [5.41, 5.74) is 8.27. The number of anilines is 1. The molecule has 5 heteroatoms. The maximum Gasteiger partial charge on any atom is 0.335 e. The molecule has 1 atom stereocenters. The molecule has 2 aliphatic heterocycles. The Morgan fingerprint density at radius 3 is 2.67 bits per heavy atom. The van der Waals surface area contributed by atoms with Crippen molar-refractivity contribution in [1.82, 2.24) is 9.88 Å². The number of hydrogen-bond donors (Lipinski definition) is 2. The van der Waals surface area contributed by atoms with Crippen molar-refractivity contribution in [3.63, 3.8) is 0 Å². The average molecular weight is 486 g/mol. The lowest BCUT2D eigenvalue weighted by molar-refractivity contribution is 0.0697. The molecule has 2 aromatic carbocycles. The first-order valence-electron chi connectivity index (χ1n) is 14.1. The summed E-state index contributed by atoms with van der Waals surface area (Å²) in [6.07, 6.45) is 10.2. The van der Waals surface area contributed by atoms with Crippen LogP contribution >= 0.6 is 0 Å². The molecule has 1 saturated heterocycles. The van der Waals surface area contributed by atoms with Gasteiger partial charge in [0.2, 0.25) is 0 Å². The Hall–Kier alpha value is -2.79. The maximum absolute atomic E-state index is 11.9. The van der Waals surface area contributed by atoms with Crippen LogP contribution in [0, 0.1) is 12.8 Å². The largest absolute Gasteiger partial charge is 0.478 e. The summed E-state index contributed by atoms with van der Waals surface area (Å²) < 4.78 is 2.46. The first-order valence-corrected chi connectivity index (χ1v) is 14.1. The summed E-state index contributed by atoms with van der Waals surface area (Å²) in [7, 11) is 0. The number of fused-ring (bicyclic) bond motifs is 5. The lowest BCUT2D eigenvalue weighted by atomic mass is 9.81. The van der Waals surface area contributed by atoms with Crippen molar-refractivity contribution < 1.29 is 9.90 Å². The number of aromatic nitrogens is 1. The highest BCUT2D eigenvalue weighted by Crippen LogP contribution is 2.47. The highest BCUT2D eigenvalue weighted by atomic mass is 16.4. The van der Waals surface area contributed by atoms with Gasteiger partial charge in [0.05, 0.1) is 11.3 Å². The minimum atomic E-state index is -0.848. The summed E-state index contributed by atoms with van der Waals surface area (Å²) >= 11 is 0. The highest BCUT2D eigenvalue weighted by Gasteiger charge is 2.31. The number of carbonyl (C=O) groups is 1. The van der Waals surface area contributed by atoms with Crippen LogP contribution in [0.15, 0.2) is 36.4 Å². The van der Waals surface area contributed by atoms with Gasteiger partial charge in [-0.15, -0.1) is 0 Å². The number of hydrogen-bond acceptors (Lipinski definition) is 3. The molecule has 3 aliphatic rings. The molecule has 190 valence electrons. The van der Waals surface area contributed by atoms with E-state index in [1.54, 1.807) is 6.07 Å². The first-order chi connectivity index (χ1) is 17.6. The quantitative estimate of drug-likeness (QED) is 0.429. The zero-order chi connectivity index (χ0) is 24.6. The number of rotatable bonds is 5. The number of carboxylic acid groups (broad SMARTS) is 1. The average Bonchev–Trinajstić information content (AvgIpc) is 3.14. The molecule has 5 nitrogen and oxygen atoms in total. The van der Waals surface area contributed by atoms with E-state index in [0.29, 0.717) is 11.5 Å². The topological polar surface area (TPSA) is 57.5 Å². The Labute approximate surface area is 214 Å². The highest BCUT2D eigenvalue weighted by molar-refractivity contribution is 5.99. The minimum absolute atomic E-state index is 0.382. The van der Waals surface area contributed by atoms with Gasteiger partial charge < -0.3 is 19.9 Å². The number of aromatic carboxylic acids is 1. The lowest BCUT2D eigenvalue weighted by Crippen LogP contribution is -2.34. The van der Waals surface area contributed by atoms with Gasteiger partial charge in [0, 0.05) is 41.8 Å². The van der Waals surface area contributed by atoms with Crippen LogP contribution in [0.2, 0.25) is 0 Å². The van der Waals surface area contributed by atoms with Gasteiger partial charge in [0.25, 0.3) is 0 Å². The Morgan fingerprint density at radius 2 is 1.89 bits per heavy atom. The summed E-state index contributed by atoms with van der Waals surface area (Å²) in [5, 5.41) is 14.6. The normalized spacial score (nSPS) is 20.7. The molecular weight excluding hydrogens is 446 g/mol. The van der Waals surface area contributed by atoms with E-state index in [4.69, 9.17) is 0 Å². The number of benzene rings is 2. The number of aryl methyl sites for hydroxylation is 1. The molecule has 2 N–H and O–H groups in total. The molecule has 2 fully saturated rings. The molecule has 0 amide bonds. The van der Waals surface area contributed by atoms with Crippen molar-refractivity contribution in [3.8, 4) is 11.3 Å². The van der Waals surface area contributed by atoms with E-state index in [9.17, 15) is 9.90 Å². The third-order valence-electron chi connectivity index (χ3n) is 8.91. The molecule has 1 saturated carbocycles. The van der Waals surface area contributed by atoms with Gasteiger partial charge >= 0.3 is 5.97 Å². The predicted octanol–water partition coefficient (Wildman–Crippen LogP) is 6.57. The molecular formula is C31H39N3O2. The number of piperidine rings is 1. The second-order valence-corrected chi connectivity index (χ2v) is 11.3. The van der Waals surface area contributed by atoms with Gasteiger partial charge in [-0.2, -0.15) is 0 Å². The Kier molecular flexibility index (Phi) is 6.51. The van der Waals surface area contributed by atoms with Crippen LogP contribution in [0.4, 0.5) is 5.69 Å². The number of nitrogens with zero attached hydrogens (tertiary/aromatic N) is 2. The van der Waals surface area contributed by atoms with Crippen LogP contribution in [-0.4, -0.2) is 41.8 Å². The third kappa shape index (κ3) is 4.32. The van der Waals surface area contributed by atoms with Gasteiger partial charge in [-0.05, 0) is 93.3 Å². The van der Waals surface area contributed by atoms with Gasteiger partial charge in [-0.1, -0.05) is 37.5 Å².